The monoisotopic (exact) mass is 229 g/mol. The molecule has 1 aromatic carbocycles. The van der Waals surface area contributed by atoms with Gasteiger partial charge in [0.05, 0.1) is 11.6 Å². The van der Waals surface area contributed by atoms with E-state index >= 15 is 0 Å². The predicted octanol–water partition coefficient (Wildman–Crippen LogP) is 0.967. The van der Waals surface area contributed by atoms with Crippen molar-refractivity contribution in [3.05, 3.63) is 41.3 Å². The van der Waals surface area contributed by atoms with Crippen molar-refractivity contribution >= 4 is 23.9 Å². The van der Waals surface area contributed by atoms with Crippen LogP contribution in [0.2, 0.25) is 0 Å². The molecule has 0 bridgehead atoms. The molecule has 0 atom stereocenters. The maximum Gasteiger partial charge on any atom is 0.488 e. The van der Waals surface area contributed by atoms with Crippen LogP contribution in [0.3, 0.4) is 0 Å². The lowest BCUT2D eigenvalue weighted by atomic mass is 9.79. The highest BCUT2D eigenvalue weighted by atomic mass is 32.1. The molecule has 1 aromatic heterocycles. The van der Waals surface area contributed by atoms with Gasteiger partial charge < -0.3 is 10.0 Å². The fourth-order valence-corrected chi connectivity index (χ4v) is 2.23. The molecule has 0 saturated heterocycles. The first-order chi connectivity index (χ1) is 7.72. The lowest BCUT2D eigenvalue weighted by Gasteiger charge is -2.04. The van der Waals surface area contributed by atoms with Crippen LogP contribution in [0.4, 0.5) is 0 Å². The summed E-state index contributed by atoms with van der Waals surface area (Å²) in [6.45, 7) is 0. The molecule has 2 rings (SSSR count). The number of benzene rings is 1. The maximum absolute atomic E-state index is 9.01. The first-order valence-electron chi connectivity index (χ1n) is 4.66. The summed E-state index contributed by atoms with van der Waals surface area (Å²) in [4.78, 5) is 0.996. The van der Waals surface area contributed by atoms with E-state index in [4.69, 9.17) is 15.3 Å². The molecule has 78 valence electrons. The Labute approximate surface area is 97.4 Å². The van der Waals surface area contributed by atoms with Crippen molar-refractivity contribution in [2.24, 2.45) is 0 Å². The van der Waals surface area contributed by atoms with Gasteiger partial charge in [0.15, 0.2) is 0 Å². The predicted molar refractivity (Wildman–Crippen MR) is 64.3 cm³/mol. The van der Waals surface area contributed by atoms with Gasteiger partial charge in [-0.2, -0.15) is 5.26 Å². The van der Waals surface area contributed by atoms with Crippen LogP contribution in [-0.4, -0.2) is 17.2 Å². The number of rotatable bonds is 2. The summed E-state index contributed by atoms with van der Waals surface area (Å²) in [5.41, 5.74) is 1.60. The fourth-order valence-electron chi connectivity index (χ4n) is 1.46. The van der Waals surface area contributed by atoms with Crippen LogP contribution in [0.5, 0.6) is 0 Å². The second-order valence-corrected chi connectivity index (χ2v) is 4.22. The maximum atomic E-state index is 9.01. The molecule has 0 unspecified atom stereocenters. The van der Waals surface area contributed by atoms with E-state index in [9.17, 15) is 0 Å². The van der Waals surface area contributed by atoms with Gasteiger partial charge >= 0.3 is 7.12 Å². The van der Waals surface area contributed by atoms with Crippen LogP contribution in [0, 0.1) is 11.3 Å². The number of thiophene rings is 1. The topological polar surface area (TPSA) is 64.2 Å². The molecule has 0 aliphatic heterocycles. The molecule has 16 heavy (non-hydrogen) atoms. The second kappa shape index (κ2) is 4.50. The third-order valence-electron chi connectivity index (χ3n) is 2.25. The Morgan fingerprint density at radius 1 is 1.25 bits per heavy atom. The standard InChI is InChI=1S/C11H8BNO2S/c13-7-8-6-9(12(14)15)3-4-10(8)11-2-1-5-16-11/h1-6,14-15H. The molecule has 2 aromatic rings. The molecule has 0 fully saturated rings. The van der Waals surface area contributed by atoms with E-state index < -0.39 is 7.12 Å². The van der Waals surface area contributed by atoms with Crippen molar-refractivity contribution in [1.29, 1.82) is 5.26 Å². The Kier molecular flexibility index (Phi) is 3.06. The number of nitrogens with zero attached hydrogens (tertiary/aromatic N) is 1. The molecular formula is C11H8BNO2S. The zero-order valence-electron chi connectivity index (χ0n) is 8.29. The van der Waals surface area contributed by atoms with Gasteiger partial charge in [-0.25, -0.2) is 0 Å². The zero-order valence-corrected chi connectivity index (χ0v) is 9.11. The minimum Gasteiger partial charge on any atom is -0.423 e. The molecule has 3 nitrogen and oxygen atoms in total. The molecule has 0 saturated carbocycles. The highest BCUT2D eigenvalue weighted by Crippen LogP contribution is 2.26. The molecule has 0 spiro atoms. The quantitative estimate of drug-likeness (QED) is 0.754. The summed E-state index contributed by atoms with van der Waals surface area (Å²) < 4.78 is 0. The summed E-state index contributed by atoms with van der Waals surface area (Å²) in [7, 11) is -1.54. The Morgan fingerprint density at radius 3 is 2.62 bits per heavy atom. The Hall–Kier alpha value is -1.61. The minimum absolute atomic E-state index is 0.330. The van der Waals surface area contributed by atoms with E-state index in [1.807, 2.05) is 17.5 Å². The Bertz CT molecular complexity index is 531. The molecule has 0 aliphatic carbocycles. The Morgan fingerprint density at radius 2 is 2.06 bits per heavy atom. The summed E-state index contributed by atoms with van der Waals surface area (Å²) >= 11 is 1.54. The third kappa shape index (κ3) is 2.00. The fraction of sp³-hybridized carbons (Fsp3) is 0. The summed E-state index contributed by atoms with van der Waals surface area (Å²) in [6, 6.07) is 10.7. The first kappa shape index (κ1) is 10.9. The van der Waals surface area contributed by atoms with Crippen molar-refractivity contribution < 1.29 is 10.0 Å². The third-order valence-corrected chi connectivity index (χ3v) is 3.15. The van der Waals surface area contributed by atoms with Gasteiger partial charge in [-0.05, 0) is 23.0 Å². The van der Waals surface area contributed by atoms with Gasteiger partial charge in [-0.15, -0.1) is 11.3 Å². The van der Waals surface area contributed by atoms with Crippen LogP contribution in [0.1, 0.15) is 5.56 Å². The molecule has 2 N–H and O–H groups in total. The largest absolute Gasteiger partial charge is 0.488 e. The second-order valence-electron chi connectivity index (χ2n) is 3.27. The highest BCUT2D eigenvalue weighted by Gasteiger charge is 2.14. The molecule has 0 amide bonds. The average Bonchev–Trinajstić information content (AvgIpc) is 2.81. The van der Waals surface area contributed by atoms with Crippen molar-refractivity contribution in [3.8, 4) is 16.5 Å². The van der Waals surface area contributed by atoms with Crippen molar-refractivity contribution in [2.75, 3.05) is 0 Å². The number of nitriles is 1. The summed E-state index contributed by atoms with van der Waals surface area (Å²) in [5.74, 6) is 0. The van der Waals surface area contributed by atoms with Crippen LogP contribution in [0.15, 0.2) is 35.7 Å². The van der Waals surface area contributed by atoms with Crippen molar-refractivity contribution in [1.82, 2.24) is 0 Å². The van der Waals surface area contributed by atoms with Gasteiger partial charge in [0, 0.05) is 10.4 Å². The SMILES string of the molecule is N#Cc1cc(B(O)O)ccc1-c1cccs1. The summed E-state index contributed by atoms with van der Waals surface area (Å²) in [6.07, 6.45) is 0. The van der Waals surface area contributed by atoms with Crippen molar-refractivity contribution in [3.63, 3.8) is 0 Å². The van der Waals surface area contributed by atoms with Crippen LogP contribution in [0.25, 0.3) is 10.4 Å². The van der Waals surface area contributed by atoms with Gasteiger partial charge in [0.25, 0.3) is 0 Å². The average molecular weight is 229 g/mol. The number of hydrogen-bond acceptors (Lipinski definition) is 4. The molecular weight excluding hydrogens is 221 g/mol. The van der Waals surface area contributed by atoms with E-state index in [-0.39, 0.29) is 0 Å². The van der Waals surface area contributed by atoms with E-state index in [1.165, 1.54) is 6.07 Å². The minimum atomic E-state index is -1.54. The smallest absolute Gasteiger partial charge is 0.423 e. The lowest BCUT2D eigenvalue weighted by molar-refractivity contribution is 0.426. The molecule has 5 heteroatoms. The van der Waals surface area contributed by atoms with Gasteiger partial charge in [0.2, 0.25) is 0 Å². The summed E-state index contributed by atoms with van der Waals surface area (Å²) in [5, 5.41) is 29.0. The van der Waals surface area contributed by atoms with Gasteiger partial charge in [0.1, 0.15) is 0 Å². The molecule has 0 radical (unpaired) electrons. The van der Waals surface area contributed by atoms with Crippen LogP contribution < -0.4 is 5.46 Å². The van der Waals surface area contributed by atoms with Gasteiger partial charge in [-0.1, -0.05) is 18.2 Å². The Balaban J connectivity index is 2.53. The zero-order chi connectivity index (χ0) is 11.5. The van der Waals surface area contributed by atoms with Crippen LogP contribution >= 0.6 is 11.3 Å². The van der Waals surface area contributed by atoms with E-state index in [0.717, 1.165) is 10.4 Å². The highest BCUT2D eigenvalue weighted by molar-refractivity contribution is 7.13. The first-order valence-corrected chi connectivity index (χ1v) is 5.54. The van der Waals surface area contributed by atoms with E-state index in [0.29, 0.717) is 11.0 Å². The molecule has 1 heterocycles. The van der Waals surface area contributed by atoms with Crippen molar-refractivity contribution in [2.45, 2.75) is 0 Å². The normalized spacial score (nSPS) is 9.81. The molecule has 0 aliphatic rings. The van der Waals surface area contributed by atoms with Crippen LogP contribution in [-0.2, 0) is 0 Å². The van der Waals surface area contributed by atoms with E-state index in [1.54, 1.807) is 23.5 Å². The van der Waals surface area contributed by atoms with E-state index in [2.05, 4.69) is 6.07 Å². The lowest BCUT2D eigenvalue weighted by Crippen LogP contribution is -2.29. The van der Waals surface area contributed by atoms with Gasteiger partial charge in [-0.3, -0.25) is 0 Å². The number of hydrogen-bond donors (Lipinski definition) is 2.